The molecule has 0 saturated heterocycles. The van der Waals surface area contributed by atoms with Crippen LogP contribution in [0, 0.1) is 0 Å². The van der Waals surface area contributed by atoms with Gasteiger partial charge in [0.25, 0.3) is 11.7 Å². The summed E-state index contributed by atoms with van der Waals surface area (Å²) in [6.45, 7) is 7.82. The molecule has 0 radical (unpaired) electrons. The number of nitrogens with zero attached hydrogens (tertiary/aromatic N) is 1. The van der Waals surface area contributed by atoms with Crippen molar-refractivity contribution in [3.8, 4) is 0 Å². The van der Waals surface area contributed by atoms with Crippen molar-refractivity contribution in [2.75, 3.05) is 12.4 Å². The molecule has 9 heteroatoms. The zero-order valence-corrected chi connectivity index (χ0v) is 19.6. The first-order valence-corrected chi connectivity index (χ1v) is 11.5. The minimum atomic E-state index is -0.859. The van der Waals surface area contributed by atoms with Crippen LogP contribution >= 0.6 is 22.7 Å². The van der Waals surface area contributed by atoms with Gasteiger partial charge in [-0.2, -0.15) is 0 Å². The Morgan fingerprint density at radius 2 is 2.00 bits per heavy atom. The Morgan fingerprint density at radius 3 is 2.63 bits per heavy atom. The van der Waals surface area contributed by atoms with E-state index in [-0.39, 0.29) is 5.60 Å². The fourth-order valence-electron chi connectivity index (χ4n) is 2.71. The SMILES string of the molecule is COC(C)(C)CCCC(C)c1cnc(NC(=O)C(C)NC(=O)C(=O)c2cccs2)s1. The number of hydrogen-bond acceptors (Lipinski definition) is 7. The monoisotopic (exact) mass is 451 g/mol. The highest BCUT2D eigenvalue weighted by Crippen LogP contribution is 2.30. The van der Waals surface area contributed by atoms with Crippen LogP contribution in [0.2, 0.25) is 0 Å². The Labute approximate surface area is 185 Å². The van der Waals surface area contributed by atoms with E-state index in [0.29, 0.717) is 15.9 Å². The summed E-state index contributed by atoms with van der Waals surface area (Å²) >= 11 is 2.61. The van der Waals surface area contributed by atoms with Gasteiger partial charge in [-0.1, -0.05) is 13.0 Å². The third kappa shape index (κ3) is 7.00. The predicted octanol–water partition coefficient (Wildman–Crippen LogP) is 4.23. The predicted molar refractivity (Wildman–Crippen MR) is 120 cm³/mol. The standard InChI is InChI=1S/C21H29N3O4S2/c1-13(8-6-10-21(3,4)28-5)16-12-22-20(30-16)24-18(26)14(2)23-19(27)17(25)15-9-7-11-29-15/h7,9,11-14H,6,8,10H2,1-5H3,(H,23,27)(H,22,24,26). The van der Waals surface area contributed by atoms with Crippen molar-refractivity contribution in [2.45, 2.75) is 64.5 Å². The molecule has 2 heterocycles. The van der Waals surface area contributed by atoms with Gasteiger partial charge in [0.05, 0.1) is 10.5 Å². The number of Topliss-reactive ketones (excluding diaryl/α,β-unsaturated/α-hetero) is 1. The number of carbonyl (C=O) groups excluding carboxylic acids is 3. The molecule has 0 aliphatic carbocycles. The van der Waals surface area contributed by atoms with Crippen LogP contribution in [0.15, 0.2) is 23.7 Å². The lowest BCUT2D eigenvalue weighted by Gasteiger charge is -2.23. The van der Waals surface area contributed by atoms with E-state index in [4.69, 9.17) is 4.74 Å². The molecular formula is C21H29N3O4S2. The smallest absolute Gasteiger partial charge is 0.293 e. The fraction of sp³-hybridized carbons (Fsp3) is 0.524. The normalized spacial score (nSPS) is 13.5. The van der Waals surface area contributed by atoms with E-state index in [0.717, 1.165) is 24.1 Å². The molecule has 2 aromatic heterocycles. The van der Waals surface area contributed by atoms with Gasteiger partial charge in [-0.25, -0.2) is 4.98 Å². The molecule has 0 fully saturated rings. The second kappa shape index (κ2) is 10.8. The lowest BCUT2D eigenvalue weighted by atomic mass is 9.96. The van der Waals surface area contributed by atoms with Gasteiger partial charge >= 0.3 is 0 Å². The summed E-state index contributed by atoms with van der Waals surface area (Å²) in [6.07, 6.45) is 4.77. The second-order valence-corrected chi connectivity index (χ2v) is 9.83. The number of rotatable bonds is 11. The summed E-state index contributed by atoms with van der Waals surface area (Å²) in [4.78, 5) is 42.1. The summed E-state index contributed by atoms with van der Waals surface area (Å²) in [5.74, 6) is -1.54. The maximum atomic E-state index is 12.4. The summed E-state index contributed by atoms with van der Waals surface area (Å²) in [5, 5.41) is 7.34. The fourth-order valence-corrected chi connectivity index (χ4v) is 4.28. The molecular weight excluding hydrogens is 422 g/mol. The zero-order chi connectivity index (χ0) is 22.3. The van der Waals surface area contributed by atoms with Crippen molar-refractivity contribution in [1.29, 1.82) is 0 Å². The first-order valence-electron chi connectivity index (χ1n) is 9.83. The summed E-state index contributed by atoms with van der Waals surface area (Å²) in [7, 11) is 1.73. The topological polar surface area (TPSA) is 97.4 Å². The van der Waals surface area contributed by atoms with Gasteiger partial charge in [-0.15, -0.1) is 22.7 Å². The number of amides is 2. The van der Waals surface area contributed by atoms with E-state index < -0.39 is 23.6 Å². The minimum Gasteiger partial charge on any atom is -0.379 e. The van der Waals surface area contributed by atoms with Gasteiger partial charge in [0, 0.05) is 18.2 Å². The van der Waals surface area contributed by atoms with Crippen molar-refractivity contribution in [3.05, 3.63) is 33.5 Å². The molecule has 0 aliphatic rings. The highest BCUT2D eigenvalue weighted by atomic mass is 32.1. The molecule has 164 valence electrons. The molecule has 0 saturated carbocycles. The van der Waals surface area contributed by atoms with Gasteiger partial charge in [0.2, 0.25) is 5.91 Å². The van der Waals surface area contributed by atoms with Crippen LogP contribution in [-0.4, -0.2) is 41.3 Å². The molecule has 7 nitrogen and oxygen atoms in total. The average molecular weight is 452 g/mol. The Bertz CT molecular complexity index is 861. The Morgan fingerprint density at radius 1 is 1.27 bits per heavy atom. The number of carbonyl (C=O) groups is 3. The molecule has 0 aliphatic heterocycles. The number of ketones is 1. The van der Waals surface area contributed by atoms with E-state index in [1.54, 1.807) is 30.8 Å². The molecule has 2 atom stereocenters. The second-order valence-electron chi connectivity index (χ2n) is 7.82. The number of thiophene rings is 1. The van der Waals surface area contributed by atoms with Crippen LogP contribution < -0.4 is 10.6 Å². The van der Waals surface area contributed by atoms with E-state index in [2.05, 4.69) is 36.4 Å². The molecule has 0 bridgehead atoms. The van der Waals surface area contributed by atoms with Crippen LogP contribution in [0.4, 0.5) is 5.13 Å². The highest BCUT2D eigenvalue weighted by molar-refractivity contribution is 7.15. The quantitative estimate of drug-likeness (QED) is 0.394. The first kappa shape index (κ1) is 24.2. The molecule has 2 aromatic rings. The lowest BCUT2D eigenvalue weighted by Crippen LogP contribution is -2.44. The summed E-state index contributed by atoms with van der Waals surface area (Å²) in [5.41, 5.74) is -0.127. The van der Waals surface area contributed by atoms with Gasteiger partial charge < -0.3 is 15.4 Å². The third-order valence-electron chi connectivity index (χ3n) is 4.90. The van der Waals surface area contributed by atoms with E-state index in [1.165, 1.54) is 29.6 Å². The number of thiazole rings is 1. The third-order valence-corrected chi connectivity index (χ3v) is 6.91. The Kier molecular flexibility index (Phi) is 8.69. The molecule has 0 spiro atoms. The van der Waals surface area contributed by atoms with Gasteiger partial charge in [0.1, 0.15) is 6.04 Å². The molecule has 2 rings (SSSR count). The van der Waals surface area contributed by atoms with Crippen LogP contribution in [0.3, 0.4) is 0 Å². The number of ether oxygens (including phenoxy) is 1. The summed E-state index contributed by atoms with van der Waals surface area (Å²) < 4.78 is 5.45. The van der Waals surface area contributed by atoms with Crippen molar-refractivity contribution in [3.63, 3.8) is 0 Å². The van der Waals surface area contributed by atoms with Crippen molar-refractivity contribution in [2.24, 2.45) is 0 Å². The van der Waals surface area contributed by atoms with E-state index in [9.17, 15) is 14.4 Å². The number of hydrogen-bond donors (Lipinski definition) is 2. The number of anilines is 1. The molecule has 0 aromatic carbocycles. The minimum absolute atomic E-state index is 0.127. The van der Waals surface area contributed by atoms with Crippen LogP contribution in [0.25, 0.3) is 0 Å². The number of nitrogens with one attached hydrogen (secondary N) is 2. The van der Waals surface area contributed by atoms with Crippen LogP contribution in [0.1, 0.15) is 67.4 Å². The maximum absolute atomic E-state index is 12.4. The van der Waals surface area contributed by atoms with E-state index >= 15 is 0 Å². The average Bonchev–Trinajstić information content (AvgIpc) is 3.39. The Hall–Kier alpha value is -2.10. The van der Waals surface area contributed by atoms with E-state index in [1.807, 2.05) is 0 Å². The van der Waals surface area contributed by atoms with Crippen LogP contribution in [0.5, 0.6) is 0 Å². The molecule has 2 amide bonds. The number of aromatic nitrogens is 1. The van der Waals surface area contributed by atoms with Gasteiger partial charge in [-0.05, 0) is 57.4 Å². The van der Waals surface area contributed by atoms with Crippen molar-refractivity contribution in [1.82, 2.24) is 10.3 Å². The largest absolute Gasteiger partial charge is 0.379 e. The van der Waals surface area contributed by atoms with Crippen molar-refractivity contribution < 1.29 is 19.1 Å². The highest BCUT2D eigenvalue weighted by Gasteiger charge is 2.23. The molecule has 2 unspecified atom stereocenters. The summed E-state index contributed by atoms with van der Waals surface area (Å²) in [6, 6.07) is 2.41. The first-order chi connectivity index (χ1) is 14.1. The zero-order valence-electron chi connectivity index (χ0n) is 18.0. The van der Waals surface area contributed by atoms with Crippen molar-refractivity contribution >= 4 is 45.4 Å². The molecule has 2 N–H and O–H groups in total. The Balaban J connectivity index is 1.83. The lowest BCUT2D eigenvalue weighted by molar-refractivity contribution is -0.123. The van der Waals surface area contributed by atoms with Gasteiger partial charge in [0.15, 0.2) is 5.13 Å². The van der Waals surface area contributed by atoms with Gasteiger partial charge in [-0.3, -0.25) is 14.4 Å². The van der Waals surface area contributed by atoms with Crippen LogP contribution in [-0.2, 0) is 14.3 Å². The maximum Gasteiger partial charge on any atom is 0.293 e. The number of methoxy groups -OCH3 is 1. The molecule has 30 heavy (non-hydrogen) atoms.